The Kier molecular flexibility index (Phi) is 3.78. The molecule has 0 unspecified atom stereocenters. The summed E-state index contributed by atoms with van der Waals surface area (Å²) in [5.74, 6) is 1.29. The molecule has 1 aliphatic rings. The van der Waals surface area contributed by atoms with Crippen LogP contribution in [0.5, 0.6) is 0 Å². The van der Waals surface area contributed by atoms with E-state index in [-0.39, 0.29) is 5.82 Å². The first-order chi connectivity index (χ1) is 9.70. The highest BCUT2D eigenvalue weighted by atomic mass is 19.1. The molecule has 0 amide bonds. The number of nitrogens with one attached hydrogen (secondary N) is 1. The zero-order valence-electron chi connectivity index (χ0n) is 11.6. The van der Waals surface area contributed by atoms with Crippen LogP contribution in [0.1, 0.15) is 30.1 Å². The lowest BCUT2D eigenvalue weighted by molar-refractivity contribution is 0.292. The summed E-state index contributed by atoms with van der Waals surface area (Å²) in [5, 5.41) is 7.78. The van der Waals surface area contributed by atoms with E-state index in [1.807, 2.05) is 19.2 Å². The van der Waals surface area contributed by atoms with Gasteiger partial charge < -0.3 is 5.32 Å². The summed E-state index contributed by atoms with van der Waals surface area (Å²) in [6.45, 7) is 0.908. The normalized spacial score (nSPS) is 21.7. The highest BCUT2D eigenvalue weighted by molar-refractivity contribution is 5.23. The van der Waals surface area contributed by atoms with Crippen LogP contribution in [0, 0.1) is 5.82 Å². The molecule has 1 N–H and O–H groups in total. The van der Waals surface area contributed by atoms with Gasteiger partial charge >= 0.3 is 0 Å². The van der Waals surface area contributed by atoms with Gasteiger partial charge in [-0.15, -0.1) is 0 Å². The van der Waals surface area contributed by atoms with E-state index < -0.39 is 0 Å². The van der Waals surface area contributed by atoms with Crippen molar-refractivity contribution in [1.29, 1.82) is 0 Å². The van der Waals surface area contributed by atoms with Gasteiger partial charge in [0.2, 0.25) is 0 Å². The van der Waals surface area contributed by atoms with E-state index in [2.05, 4.69) is 15.4 Å². The molecule has 1 saturated carbocycles. The van der Waals surface area contributed by atoms with E-state index in [0.717, 1.165) is 31.6 Å². The number of benzene rings is 1. The first kappa shape index (κ1) is 13.2. The topological polar surface area (TPSA) is 42.7 Å². The minimum absolute atomic E-state index is 0.161. The first-order valence-electron chi connectivity index (χ1n) is 7.04. The van der Waals surface area contributed by atoms with Crippen molar-refractivity contribution in [2.45, 2.75) is 31.2 Å². The van der Waals surface area contributed by atoms with Crippen molar-refractivity contribution in [3.8, 4) is 0 Å². The number of nitrogens with zero attached hydrogens (tertiary/aromatic N) is 3. The summed E-state index contributed by atoms with van der Waals surface area (Å²) in [7, 11) is 1.88. The average molecular weight is 274 g/mol. The molecule has 5 heteroatoms. The maximum Gasteiger partial charge on any atom is 0.151 e. The van der Waals surface area contributed by atoms with Gasteiger partial charge in [-0.2, -0.15) is 5.10 Å². The highest BCUT2D eigenvalue weighted by Gasteiger charge is 2.29. The molecule has 3 rings (SSSR count). The Hall–Kier alpha value is -1.75. The molecule has 0 atom stereocenters. The molecule has 4 nitrogen and oxygen atoms in total. The molecule has 0 bridgehead atoms. The molecule has 0 saturated heterocycles. The molecule has 0 radical (unpaired) electrons. The Morgan fingerprint density at radius 2 is 2.05 bits per heavy atom. The molecule has 1 fully saturated rings. The van der Waals surface area contributed by atoms with Gasteiger partial charge in [-0.05, 0) is 36.5 Å². The molecule has 2 aromatic rings. The molecular weight excluding hydrogens is 255 g/mol. The predicted octanol–water partition coefficient (Wildman–Crippen LogP) is 2.03. The van der Waals surface area contributed by atoms with Crippen LogP contribution in [0.4, 0.5) is 4.39 Å². The van der Waals surface area contributed by atoms with E-state index in [1.165, 1.54) is 5.56 Å². The summed E-state index contributed by atoms with van der Waals surface area (Å²) in [6.07, 6.45) is 4.84. The number of halogens is 1. The predicted molar refractivity (Wildman–Crippen MR) is 74.9 cm³/mol. The lowest BCUT2D eigenvalue weighted by Gasteiger charge is -2.36. The minimum Gasteiger partial charge on any atom is -0.313 e. The Bertz CT molecular complexity index is 558. The molecule has 1 heterocycles. The van der Waals surface area contributed by atoms with Crippen LogP contribution >= 0.6 is 0 Å². The third kappa shape index (κ3) is 3.04. The van der Waals surface area contributed by atoms with Gasteiger partial charge in [-0.25, -0.2) is 9.37 Å². The third-order valence-electron chi connectivity index (χ3n) is 3.91. The van der Waals surface area contributed by atoms with Crippen LogP contribution in [-0.4, -0.2) is 27.4 Å². The standard InChI is InChI=1S/C15H19FN4/c1-20-10-18-15(19-20)6-7-17-14-8-12(9-14)11-2-4-13(16)5-3-11/h2-5,10,12,14,17H,6-9H2,1H3. The second-order valence-electron chi connectivity index (χ2n) is 5.46. The lowest BCUT2D eigenvalue weighted by atomic mass is 9.76. The molecule has 20 heavy (non-hydrogen) atoms. The first-order valence-corrected chi connectivity index (χ1v) is 7.04. The molecule has 1 aromatic heterocycles. The van der Waals surface area contributed by atoms with E-state index >= 15 is 0 Å². The number of hydrogen-bond acceptors (Lipinski definition) is 3. The van der Waals surface area contributed by atoms with Crippen molar-refractivity contribution < 1.29 is 4.39 Å². The van der Waals surface area contributed by atoms with Crippen molar-refractivity contribution in [3.63, 3.8) is 0 Å². The maximum absolute atomic E-state index is 12.9. The van der Waals surface area contributed by atoms with Crippen LogP contribution in [0.15, 0.2) is 30.6 Å². The van der Waals surface area contributed by atoms with Gasteiger partial charge in [0.25, 0.3) is 0 Å². The van der Waals surface area contributed by atoms with Crippen LogP contribution in [-0.2, 0) is 13.5 Å². The number of aromatic nitrogens is 3. The van der Waals surface area contributed by atoms with Gasteiger partial charge in [0.1, 0.15) is 12.1 Å². The summed E-state index contributed by atoms with van der Waals surface area (Å²) in [4.78, 5) is 4.20. The van der Waals surface area contributed by atoms with E-state index in [9.17, 15) is 4.39 Å². The Labute approximate surface area is 118 Å². The van der Waals surface area contributed by atoms with Gasteiger partial charge in [0.05, 0.1) is 0 Å². The molecule has 1 aliphatic carbocycles. The fourth-order valence-electron chi connectivity index (χ4n) is 2.68. The molecule has 0 aliphatic heterocycles. The van der Waals surface area contributed by atoms with E-state index in [1.54, 1.807) is 23.1 Å². The average Bonchev–Trinajstić information content (AvgIpc) is 2.80. The summed E-state index contributed by atoms with van der Waals surface area (Å²) < 4.78 is 14.6. The van der Waals surface area contributed by atoms with Crippen molar-refractivity contribution in [2.24, 2.45) is 7.05 Å². The fourth-order valence-corrected chi connectivity index (χ4v) is 2.68. The zero-order chi connectivity index (χ0) is 13.9. The molecule has 0 spiro atoms. The summed E-state index contributed by atoms with van der Waals surface area (Å²) in [5.41, 5.74) is 1.25. The highest BCUT2D eigenvalue weighted by Crippen LogP contribution is 2.36. The second kappa shape index (κ2) is 5.71. The van der Waals surface area contributed by atoms with Crippen molar-refractivity contribution in [2.75, 3.05) is 6.54 Å². The van der Waals surface area contributed by atoms with E-state index in [4.69, 9.17) is 0 Å². The maximum atomic E-state index is 12.9. The van der Waals surface area contributed by atoms with Crippen molar-refractivity contribution >= 4 is 0 Å². The minimum atomic E-state index is -0.161. The van der Waals surface area contributed by atoms with Gasteiger partial charge in [0.15, 0.2) is 5.82 Å². The monoisotopic (exact) mass is 274 g/mol. The lowest BCUT2D eigenvalue weighted by Crippen LogP contribution is -2.41. The molecule has 1 aromatic carbocycles. The molecule has 106 valence electrons. The Balaban J connectivity index is 1.39. The summed E-state index contributed by atoms with van der Waals surface area (Å²) in [6, 6.07) is 7.45. The van der Waals surface area contributed by atoms with Crippen LogP contribution in [0.25, 0.3) is 0 Å². The smallest absolute Gasteiger partial charge is 0.151 e. The Morgan fingerprint density at radius 1 is 1.30 bits per heavy atom. The SMILES string of the molecule is Cn1cnc(CCNC2CC(c3ccc(F)cc3)C2)n1. The quantitative estimate of drug-likeness (QED) is 0.907. The van der Waals surface area contributed by atoms with Crippen molar-refractivity contribution in [1.82, 2.24) is 20.1 Å². The van der Waals surface area contributed by atoms with Gasteiger partial charge in [0, 0.05) is 26.1 Å². The number of hydrogen-bond donors (Lipinski definition) is 1. The molecular formula is C15H19FN4. The number of rotatable bonds is 5. The van der Waals surface area contributed by atoms with Crippen LogP contribution < -0.4 is 5.32 Å². The largest absolute Gasteiger partial charge is 0.313 e. The van der Waals surface area contributed by atoms with E-state index in [0.29, 0.717) is 12.0 Å². The summed E-state index contributed by atoms with van der Waals surface area (Å²) >= 11 is 0. The van der Waals surface area contributed by atoms with Gasteiger partial charge in [-0.1, -0.05) is 12.1 Å². The number of aryl methyl sites for hydroxylation is 1. The van der Waals surface area contributed by atoms with Crippen LogP contribution in [0.2, 0.25) is 0 Å². The van der Waals surface area contributed by atoms with Crippen LogP contribution in [0.3, 0.4) is 0 Å². The Morgan fingerprint density at radius 3 is 2.70 bits per heavy atom. The fraction of sp³-hybridized carbons (Fsp3) is 0.467. The van der Waals surface area contributed by atoms with Gasteiger partial charge in [-0.3, -0.25) is 4.68 Å². The zero-order valence-corrected chi connectivity index (χ0v) is 11.6. The second-order valence-corrected chi connectivity index (χ2v) is 5.46. The van der Waals surface area contributed by atoms with Crippen molar-refractivity contribution in [3.05, 3.63) is 47.8 Å². The third-order valence-corrected chi connectivity index (χ3v) is 3.91.